The molecule has 1 aromatic carbocycles. The van der Waals surface area contributed by atoms with Crippen molar-refractivity contribution in [2.75, 3.05) is 0 Å². The van der Waals surface area contributed by atoms with Crippen LogP contribution >= 0.6 is 0 Å². The van der Waals surface area contributed by atoms with Gasteiger partial charge in [0, 0.05) is 11.4 Å². The molecule has 116 valence electrons. The zero-order valence-electron chi connectivity index (χ0n) is 14.3. The predicted octanol–water partition coefficient (Wildman–Crippen LogP) is 5.31. The van der Waals surface area contributed by atoms with Gasteiger partial charge in [-0.2, -0.15) is 5.26 Å². The molecular weight excluding hydrogens is 272 g/mol. The molecule has 1 aromatic rings. The van der Waals surface area contributed by atoms with Crippen LogP contribution in [0.2, 0.25) is 0 Å². The molecule has 0 heterocycles. The van der Waals surface area contributed by atoms with Gasteiger partial charge in [-0.3, -0.25) is 4.99 Å². The number of ether oxygens (including phenoxy) is 1. The van der Waals surface area contributed by atoms with Gasteiger partial charge in [-0.1, -0.05) is 18.6 Å². The maximum atomic E-state index is 8.96. The molecular formula is C19H24N2O. The Kier molecular flexibility index (Phi) is 6.59. The van der Waals surface area contributed by atoms with Gasteiger partial charge in [0.1, 0.15) is 11.5 Å². The average Bonchev–Trinajstić information content (AvgIpc) is 2.48. The molecule has 3 heteroatoms. The fraction of sp³-hybridized carbons (Fsp3) is 0.368. The lowest BCUT2D eigenvalue weighted by molar-refractivity contribution is 0.425. The molecule has 0 fully saturated rings. The monoisotopic (exact) mass is 296 g/mol. The highest BCUT2D eigenvalue weighted by Gasteiger charge is 2.03. The fourth-order valence-corrected chi connectivity index (χ4v) is 1.92. The molecule has 0 aliphatic rings. The van der Waals surface area contributed by atoms with Crippen molar-refractivity contribution in [1.29, 1.82) is 5.26 Å². The first kappa shape index (κ1) is 17.7. The number of aryl methyl sites for hydroxylation is 1. The third kappa shape index (κ3) is 5.21. The Balaban J connectivity index is 2.96. The Morgan fingerprint density at radius 2 is 1.95 bits per heavy atom. The van der Waals surface area contributed by atoms with Crippen molar-refractivity contribution in [3.8, 4) is 11.8 Å². The molecule has 0 aliphatic carbocycles. The van der Waals surface area contributed by atoms with Gasteiger partial charge < -0.3 is 4.74 Å². The van der Waals surface area contributed by atoms with Crippen LogP contribution in [-0.2, 0) is 0 Å². The van der Waals surface area contributed by atoms with Crippen molar-refractivity contribution in [3.05, 3.63) is 52.4 Å². The third-order valence-corrected chi connectivity index (χ3v) is 3.49. The lowest BCUT2D eigenvalue weighted by Crippen LogP contribution is -1.97. The molecule has 0 radical (unpaired) electrons. The topological polar surface area (TPSA) is 45.4 Å². The number of nitriles is 1. The van der Waals surface area contributed by atoms with Crippen LogP contribution < -0.4 is 4.74 Å². The van der Waals surface area contributed by atoms with Crippen molar-refractivity contribution in [1.82, 2.24) is 0 Å². The summed E-state index contributed by atoms with van der Waals surface area (Å²) in [5, 5.41) is 8.96. The molecule has 0 saturated carbocycles. The number of allylic oxidation sites excluding steroid dienone is 4. The average molecular weight is 296 g/mol. The molecule has 0 saturated heterocycles. The van der Waals surface area contributed by atoms with Gasteiger partial charge in [0.15, 0.2) is 0 Å². The predicted molar refractivity (Wildman–Crippen MR) is 92.1 cm³/mol. The molecule has 0 aromatic heterocycles. The van der Waals surface area contributed by atoms with Crippen molar-refractivity contribution < 1.29 is 4.74 Å². The number of aliphatic imine (C=N–C) groups is 1. The second-order valence-corrected chi connectivity index (χ2v) is 5.42. The summed E-state index contributed by atoms with van der Waals surface area (Å²) >= 11 is 0. The zero-order valence-corrected chi connectivity index (χ0v) is 14.3. The van der Waals surface area contributed by atoms with E-state index in [0.29, 0.717) is 11.3 Å². The first-order valence-electron chi connectivity index (χ1n) is 7.46. The molecule has 1 rings (SSSR count). The molecule has 0 unspecified atom stereocenters. The van der Waals surface area contributed by atoms with E-state index in [0.717, 1.165) is 29.2 Å². The van der Waals surface area contributed by atoms with Gasteiger partial charge in [-0.25, -0.2) is 0 Å². The van der Waals surface area contributed by atoms with Gasteiger partial charge in [0.2, 0.25) is 0 Å². The van der Waals surface area contributed by atoms with Gasteiger partial charge >= 0.3 is 0 Å². The van der Waals surface area contributed by atoms with E-state index in [4.69, 9.17) is 10.00 Å². The number of benzene rings is 1. The van der Waals surface area contributed by atoms with Crippen molar-refractivity contribution in [2.45, 2.75) is 48.0 Å². The quantitative estimate of drug-likeness (QED) is 0.545. The first-order chi connectivity index (χ1) is 10.4. The van der Waals surface area contributed by atoms with Gasteiger partial charge in [0.25, 0.3) is 0 Å². The second kappa shape index (κ2) is 8.19. The van der Waals surface area contributed by atoms with E-state index in [2.05, 4.69) is 24.9 Å². The van der Waals surface area contributed by atoms with Crippen molar-refractivity contribution in [2.24, 2.45) is 4.99 Å². The molecule has 0 amide bonds. The Morgan fingerprint density at radius 3 is 2.55 bits per heavy atom. The Hall–Kier alpha value is -2.34. The first-order valence-corrected chi connectivity index (χ1v) is 7.46. The standard InChI is InChI=1S/C19H24N2O/c1-7-13(2)17(6)21-15(4)10-16(5)22-19-11-18(12-20)9-8-14(19)3/h8-11H,7H2,1-6H3/b16-10+,17-13+,21-15-. The lowest BCUT2D eigenvalue weighted by atomic mass is 10.1. The zero-order chi connectivity index (χ0) is 16.7. The van der Waals surface area contributed by atoms with Gasteiger partial charge in [-0.15, -0.1) is 0 Å². The Bertz CT molecular complexity index is 673. The van der Waals surface area contributed by atoms with E-state index in [1.807, 2.05) is 39.8 Å². The van der Waals surface area contributed by atoms with Crippen LogP contribution in [0.3, 0.4) is 0 Å². The third-order valence-electron chi connectivity index (χ3n) is 3.49. The van der Waals surface area contributed by atoms with E-state index in [-0.39, 0.29) is 0 Å². The highest BCUT2D eigenvalue weighted by Crippen LogP contribution is 2.21. The van der Waals surface area contributed by atoms with E-state index >= 15 is 0 Å². The lowest BCUT2D eigenvalue weighted by Gasteiger charge is -2.09. The summed E-state index contributed by atoms with van der Waals surface area (Å²) in [6.07, 6.45) is 2.91. The molecule has 0 spiro atoms. The summed E-state index contributed by atoms with van der Waals surface area (Å²) in [4.78, 5) is 4.57. The van der Waals surface area contributed by atoms with Crippen LogP contribution in [0, 0.1) is 18.3 Å². The summed E-state index contributed by atoms with van der Waals surface area (Å²) in [6.45, 7) is 12.0. The molecule has 0 atom stereocenters. The molecule has 0 aliphatic heterocycles. The van der Waals surface area contributed by atoms with E-state index < -0.39 is 0 Å². The van der Waals surface area contributed by atoms with E-state index in [9.17, 15) is 0 Å². The number of rotatable bonds is 5. The van der Waals surface area contributed by atoms with Crippen LogP contribution in [-0.4, -0.2) is 5.71 Å². The maximum Gasteiger partial charge on any atom is 0.131 e. The van der Waals surface area contributed by atoms with Gasteiger partial charge in [-0.05, 0) is 64.8 Å². The highest BCUT2D eigenvalue weighted by atomic mass is 16.5. The Morgan fingerprint density at radius 1 is 1.27 bits per heavy atom. The highest BCUT2D eigenvalue weighted by molar-refractivity contribution is 5.93. The summed E-state index contributed by atoms with van der Waals surface area (Å²) in [6, 6.07) is 7.56. The minimum atomic E-state index is 0.594. The number of hydrogen-bond donors (Lipinski definition) is 0. The minimum Gasteiger partial charge on any atom is -0.462 e. The normalized spacial score (nSPS) is 13.5. The van der Waals surface area contributed by atoms with Gasteiger partial charge in [0.05, 0.1) is 11.6 Å². The number of nitrogens with zero attached hydrogens (tertiary/aromatic N) is 2. The summed E-state index contributed by atoms with van der Waals surface area (Å²) < 4.78 is 5.84. The molecule has 0 N–H and O–H groups in total. The fourth-order valence-electron chi connectivity index (χ4n) is 1.92. The van der Waals surface area contributed by atoms with Crippen molar-refractivity contribution in [3.63, 3.8) is 0 Å². The second-order valence-electron chi connectivity index (χ2n) is 5.42. The minimum absolute atomic E-state index is 0.594. The summed E-state index contributed by atoms with van der Waals surface area (Å²) in [5.41, 5.74) is 4.82. The number of hydrogen-bond acceptors (Lipinski definition) is 3. The SMILES string of the molecule is CC/C(C)=C(C)/N=C(C)\C=C(/C)Oc1cc(C#N)ccc1C. The van der Waals surface area contributed by atoms with Crippen LogP contribution in [0.15, 0.2) is 46.3 Å². The smallest absolute Gasteiger partial charge is 0.131 e. The summed E-state index contributed by atoms with van der Waals surface area (Å²) in [5.74, 6) is 1.46. The summed E-state index contributed by atoms with van der Waals surface area (Å²) in [7, 11) is 0. The molecule has 22 heavy (non-hydrogen) atoms. The molecule has 3 nitrogen and oxygen atoms in total. The van der Waals surface area contributed by atoms with Crippen LogP contribution in [0.1, 0.15) is 52.2 Å². The van der Waals surface area contributed by atoms with E-state index in [1.165, 1.54) is 5.57 Å². The largest absolute Gasteiger partial charge is 0.462 e. The Labute approximate surface area is 133 Å². The van der Waals surface area contributed by atoms with E-state index in [1.54, 1.807) is 12.1 Å². The van der Waals surface area contributed by atoms with Crippen LogP contribution in [0.25, 0.3) is 0 Å². The van der Waals surface area contributed by atoms with Crippen LogP contribution in [0.5, 0.6) is 5.75 Å². The van der Waals surface area contributed by atoms with Crippen LogP contribution in [0.4, 0.5) is 0 Å². The maximum absolute atomic E-state index is 8.96. The molecule has 0 bridgehead atoms. The van der Waals surface area contributed by atoms with Crippen molar-refractivity contribution >= 4 is 5.71 Å².